The number of rotatable bonds is 5. The molecule has 1 N–H and O–H groups in total. The summed E-state index contributed by atoms with van der Waals surface area (Å²) in [5, 5.41) is 9.04. The lowest BCUT2D eigenvalue weighted by Gasteiger charge is -2.28. The standard InChI is InChI=1S/C27H33N5O2/c1-30-11-7-14-32(17-16-30)22-18-21(28-10-15-31-12-5-2-6-13-31)23-24-25(22)29-34-27(24)20-9-4-3-8-19(20)26(23)33/h3-4,8-9,18,28H,2,5-7,10-17H2,1H3. The number of piperidine rings is 1. The lowest BCUT2D eigenvalue weighted by molar-refractivity contribution is 0.104. The maximum Gasteiger partial charge on any atom is 0.196 e. The van der Waals surface area contributed by atoms with E-state index in [1.165, 1.54) is 32.4 Å². The molecule has 2 aliphatic heterocycles. The Hall–Kier alpha value is -2.90. The van der Waals surface area contributed by atoms with Crippen molar-refractivity contribution in [3.63, 3.8) is 0 Å². The summed E-state index contributed by atoms with van der Waals surface area (Å²) in [6.45, 7) is 8.15. The van der Waals surface area contributed by atoms with Crippen LogP contribution in [0.25, 0.3) is 22.2 Å². The average Bonchev–Trinajstić information content (AvgIpc) is 3.19. The molecule has 0 atom stereocenters. The van der Waals surface area contributed by atoms with Gasteiger partial charge in [0, 0.05) is 49.5 Å². The van der Waals surface area contributed by atoms with Gasteiger partial charge in [-0.05, 0) is 52.0 Å². The predicted molar refractivity (Wildman–Crippen MR) is 136 cm³/mol. The number of fused-ring (bicyclic) bond motifs is 2. The highest BCUT2D eigenvalue weighted by molar-refractivity contribution is 6.28. The summed E-state index contributed by atoms with van der Waals surface area (Å²) >= 11 is 0. The van der Waals surface area contributed by atoms with Crippen molar-refractivity contribution in [2.45, 2.75) is 25.7 Å². The zero-order valence-electron chi connectivity index (χ0n) is 20.0. The van der Waals surface area contributed by atoms with Gasteiger partial charge in [0.15, 0.2) is 11.5 Å². The molecule has 0 radical (unpaired) electrons. The third kappa shape index (κ3) is 3.77. The van der Waals surface area contributed by atoms with Crippen molar-refractivity contribution in [2.75, 3.05) is 69.6 Å². The highest BCUT2D eigenvalue weighted by atomic mass is 16.5. The zero-order valence-corrected chi connectivity index (χ0v) is 20.0. The first-order valence-corrected chi connectivity index (χ1v) is 12.7. The van der Waals surface area contributed by atoms with E-state index in [1.54, 1.807) is 0 Å². The van der Waals surface area contributed by atoms with Gasteiger partial charge in [0.05, 0.1) is 16.6 Å². The number of likely N-dealkylation sites (N-methyl/N-ethyl adjacent to an activating group) is 1. The fraction of sp³-hybridized carbons (Fsp3) is 0.481. The molecule has 2 saturated heterocycles. The number of nitrogens with zero attached hydrogens (tertiary/aromatic N) is 4. The molecule has 178 valence electrons. The van der Waals surface area contributed by atoms with E-state index < -0.39 is 0 Å². The summed E-state index contributed by atoms with van der Waals surface area (Å²) in [5.74, 6) is 0.770. The third-order valence-corrected chi connectivity index (χ3v) is 7.63. The van der Waals surface area contributed by atoms with Gasteiger partial charge in [-0.3, -0.25) is 4.79 Å². The predicted octanol–water partition coefficient (Wildman–Crippen LogP) is 4.08. The molecule has 3 aromatic rings. The fourth-order valence-corrected chi connectivity index (χ4v) is 5.74. The Labute approximate surface area is 200 Å². The molecule has 7 heteroatoms. The van der Waals surface area contributed by atoms with Gasteiger partial charge in [0.25, 0.3) is 0 Å². The molecule has 0 saturated carbocycles. The first-order valence-electron chi connectivity index (χ1n) is 12.7. The molecular weight excluding hydrogens is 426 g/mol. The van der Waals surface area contributed by atoms with Crippen LogP contribution in [0.2, 0.25) is 0 Å². The number of nitrogens with one attached hydrogen (secondary N) is 1. The van der Waals surface area contributed by atoms with Crippen molar-refractivity contribution in [1.82, 2.24) is 15.0 Å². The molecule has 0 bridgehead atoms. The normalized spacial score (nSPS) is 19.3. The summed E-state index contributed by atoms with van der Waals surface area (Å²) in [6.07, 6.45) is 5.00. The number of carbonyl (C=O) groups excluding carboxylic acids is 1. The third-order valence-electron chi connectivity index (χ3n) is 7.63. The number of likely N-dealkylation sites (tertiary alicyclic amines) is 1. The topological polar surface area (TPSA) is 64.8 Å². The van der Waals surface area contributed by atoms with E-state index >= 15 is 0 Å². The van der Waals surface area contributed by atoms with Crippen molar-refractivity contribution < 1.29 is 9.32 Å². The fourth-order valence-electron chi connectivity index (χ4n) is 5.74. The lowest BCUT2D eigenvalue weighted by atomic mass is 9.86. The number of carbonyl (C=O) groups is 1. The maximum absolute atomic E-state index is 13.7. The van der Waals surface area contributed by atoms with Gasteiger partial charge >= 0.3 is 0 Å². The van der Waals surface area contributed by atoms with Crippen LogP contribution in [-0.2, 0) is 0 Å². The minimum absolute atomic E-state index is 0.0546. The molecule has 0 amide bonds. The minimum Gasteiger partial charge on any atom is -0.383 e. The number of aromatic nitrogens is 1. The van der Waals surface area contributed by atoms with E-state index in [9.17, 15) is 4.79 Å². The number of benzene rings is 2. The molecule has 6 rings (SSSR count). The van der Waals surface area contributed by atoms with E-state index in [2.05, 4.69) is 38.3 Å². The molecule has 2 fully saturated rings. The summed E-state index contributed by atoms with van der Waals surface area (Å²) in [6, 6.07) is 9.88. The Bertz CT molecular complexity index is 1210. The van der Waals surface area contributed by atoms with Crippen LogP contribution >= 0.6 is 0 Å². The van der Waals surface area contributed by atoms with Crippen molar-refractivity contribution >= 4 is 28.1 Å². The zero-order chi connectivity index (χ0) is 23.1. The lowest BCUT2D eigenvalue weighted by Crippen LogP contribution is -2.34. The van der Waals surface area contributed by atoms with Crippen LogP contribution in [0.15, 0.2) is 34.9 Å². The van der Waals surface area contributed by atoms with E-state index in [-0.39, 0.29) is 5.78 Å². The largest absolute Gasteiger partial charge is 0.383 e. The van der Waals surface area contributed by atoms with Gasteiger partial charge in [0.1, 0.15) is 5.52 Å². The quantitative estimate of drug-likeness (QED) is 0.482. The molecule has 3 heterocycles. The molecule has 2 aromatic carbocycles. The number of ketones is 1. The monoisotopic (exact) mass is 459 g/mol. The molecule has 0 spiro atoms. The molecule has 1 aromatic heterocycles. The number of anilines is 2. The number of hydrogen-bond acceptors (Lipinski definition) is 7. The van der Waals surface area contributed by atoms with Crippen LogP contribution in [0, 0.1) is 0 Å². The molecule has 34 heavy (non-hydrogen) atoms. The highest BCUT2D eigenvalue weighted by Gasteiger charge is 2.33. The van der Waals surface area contributed by atoms with Crippen LogP contribution in [0.5, 0.6) is 0 Å². The van der Waals surface area contributed by atoms with Crippen molar-refractivity contribution in [3.05, 3.63) is 41.5 Å². The van der Waals surface area contributed by atoms with Crippen LogP contribution < -0.4 is 10.2 Å². The van der Waals surface area contributed by atoms with Gasteiger partial charge in [-0.1, -0.05) is 35.8 Å². The Balaban J connectivity index is 1.42. The van der Waals surface area contributed by atoms with Crippen molar-refractivity contribution in [1.29, 1.82) is 0 Å². The van der Waals surface area contributed by atoms with Crippen molar-refractivity contribution in [3.8, 4) is 11.3 Å². The van der Waals surface area contributed by atoms with Gasteiger partial charge in [-0.15, -0.1) is 0 Å². The van der Waals surface area contributed by atoms with Crippen LogP contribution in [-0.4, -0.2) is 80.1 Å². The Kier molecular flexibility index (Phi) is 5.75. The average molecular weight is 460 g/mol. The van der Waals surface area contributed by atoms with Crippen molar-refractivity contribution in [2.24, 2.45) is 0 Å². The smallest absolute Gasteiger partial charge is 0.196 e. The first-order chi connectivity index (χ1) is 16.7. The molecule has 0 unspecified atom stereocenters. The highest BCUT2D eigenvalue weighted by Crippen LogP contribution is 2.45. The van der Waals surface area contributed by atoms with Gasteiger partial charge in [0.2, 0.25) is 0 Å². The van der Waals surface area contributed by atoms with Gasteiger partial charge < -0.3 is 24.5 Å². The SMILES string of the molecule is CN1CCCN(c2cc(NCCN3CCCCC3)c3c4c(onc24)-c2ccccc2C3=O)CC1. The van der Waals surface area contributed by atoms with Crippen LogP contribution in [0.4, 0.5) is 11.4 Å². The van der Waals surface area contributed by atoms with E-state index in [4.69, 9.17) is 4.52 Å². The maximum atomic E-state index is 13.7. The summed E-state index contributed by atoms with van der Waals surface area (Å²) in [7, 11) is 2.18. The van der Waals surface area contributed by atoms with Gasteiger partial charge in [-0.25, -0.2) is 0 Å². The minimum atomic E-state index is 0.0546. The Morgan fingerprint density at radius 2 is 1.79 bits per heavy atom. The summed E-state index contributed by atoms with van der Waals surface area (Å²) in [4.78, 5) is 21.0. The Morgan fingerprint density at radius 3 is 2.65 bits per heavy atom. The molecule has 7 nitrogen and oxygen atoms in total. The number of hydrogen-bond donors (Lipinski definition) is 1. The molecule has 3 aliphatic rings. The second-order valence-corrected chi connectivity index (χ2v) is 9.90. The van der Waals surface area contributed by atoms with Crippen LogP contribution in [0.3, 0.4) is 0 Å². The molecule has 1 aliphatic carbocycles. The Morgan fingerprint density at radius 1 is 0.971 bits per heavy atom. The van der Waals surface area contributed by atoms with E-state index in [0.29, 0.717) is 16.9 Å². The van der Waals surface area contributed by atoms with E-state index in [0.717, 1.165) is 73.5 Å². The summed E-state index contributed by atoms with van der Waals surface area (Å²) < 4.78 is 5.93. The second-order valence-electron chi connectivity index (χ2n) is 9.90. The summed E-state index contributed by atoms with van der Waals surface area (Å²) in [5.41, 5.74) is 5.02. The second kappa shape index (κ2) is 9.04. The molecular formula is C27H33N5O2. The van der Waals surface area contributed by atoms with Crippen LogP contribution in [0.1, 0.15) is 41.6 Å². The van der Waals surface area contributed by atoms with Gasteiger partial charge in [-0.2, -0.15) is 0 Å². The van der Waals surface area contributed by atoms with E-state index in [1.807, 2.05) is 24.3 Å². The first kappa shape index (κ1) is 21.6.